The maximum Gasteiger partial charge on any atom is 0.250 e. The third-order valence-electron chi connectivity index (χ3n) is 1.92. The van der Waals surface area contributed by atoms with Crippen LogP contribution in [0.2, 0.25) is 0 Å². The van der Waals surface area contributed by atoms with Crippen LogP contribution in [-0.2, 0) is 4.79 Å². The molecule has 0 fully saturated rings. The summed E-state index contributed by atoms with van der Waals surface area (Å²) in [6.45, 7) is 3.90. The van der Waals surface area contributed by atoms with Gasteiger partial charge >= 0.3 is 0 Å². The Labute approximate surface area is 107 Å². The zero-order valence-corrected chi connectivity index (χ0v) is 10.6. The first-order valence-corrected chi connectivity index (χ1v) is 6.11. The number of hydrogen-bond donors (Lipinski definition) is 1. The fourth-order valence-corrected chi connectivity index (χ4v) is 1.52. The van der Waals surface area contributed by atoms with Gasteiger partial charge in [-0.1, -0.05) is 25.2 Å². The summed E-state index contributed by atoms with van der Waals surface area (Å²) in [5, 5.41) is 17.9. The van der Waals surface area contributed by atoms with Crippen molar-refractivity contribution in [3.8, 4) is 0 Å². The highest BCUT2D eigenvalue weighted by molar-refractivity contribution is 7.13. The SMILES string of the molecule is CC(C)c1nnc(/C=C/C(=O)Nc2nncs2)o1. The fourth-order valence-electron chi connectivity index (χ4n) is 1.07. The van der Waals surface area contributed by atoms with Crippen LogP contribution in [0.5, 0.6) is 0 Å². The summed E-state index contributed by atoms with van der Waals surface area (Å²) < 4.78 is 5.32. The number of anilines is 1. The molecule has 1 N–H and O–H groups in total. The van der Waals surface area contributed by atoms with Crippen molar-refractivity contribution in [1.82, 2.24) is 20.4 Å². The largest absolute Gasteiger partial charge is 0.421 e. The van der Waals surface area contributed by atoms with Crippen LogP contribution < -0.4 is 5.32 Å². The maximum atomic E-state index is 11.5. The van der Waals surface area contributed by atoms with Crippen LogP contribution in [0.25, 0.3) is 6.08 Å². The second kappa shape index (κ2) is 5.50. The number of hydrogen-bond acceptors (Lipinski definition) is 7. The average Bonchev–Trinajstić information content (AvgIpc) is 2.96. The van der Waals surface area contributed by atoms with Crippen molar-refractivity contribution in [2.75, 3.05) is 5.32 Å². The van der Waals surface area contributed by atoms with Gasteiger partial charge in [0.05, 0.1) is 0 Å². The summed E-state index contributed by atoms with van der Waals surface area (Å²) in [6, 6.07) is 0. The molecule has 0 saturated carbocycles. The highest BCUT2D eigenvalue weighted by atomic mass is 32.1. The smallest absolute Gasteiger partial charge is 0.250 e. The van der Waals surface area contributed by atoms with E-state index in [0.29, 0.717) is 16.9 Å². The molecule has 2 heterocycles. The van der Waals surface area contributed by atoms with E-state index in [9.17, 15) is 4.79 Å². The maximum absolute atomic E-state index is 11.5. The van der Waals surface area contributed by atoms with E-state index in [1.54, 1.807) is 0 Å². The molecule has 0 aromatic carbocycles. The van der Waals surface area contributed by atoms with Crippen LogP contribution in [0, 0.1) is 0 Å². The molecule has 0 aliphatic rings. The van der Waals surface area contributed by atoms with E-state index < -0.39 is 0 Å². The van der Waals surface area contributed by atoms with Crippen LogP contribution in [-0.4, -0.2) is 26.3 Å². The van der Waals surface area contributed by atoms with Crippen LogP contribution in [0.3, 0.4) is 0 Å². The molecule has 1 amide bonds. The molecule has 94 valence electrons. The molecule has 8 heteroatoms. The summed E-state index contributed by atoms with van der Waals surface area (Å²) >= 11 is 1.24. The average molecular weight is 265 g/mol. The summed E-state index contributed by atoms with van der Waals surface area (Å²) in [4.78, 5) is 11.5. The van der Waals surface area contributed by atoms with Gasteiger partial charge < -0.3 is 4.42 Å². The highest BCUT2D eigenvalue weighted by Gasteiger charge is 2.07. The molecule has 0 bridgehead atoms. The van der Waals surface area contributed by atoms with Crippen molar-refractivity contribution in [2.45, 2.75) is 19.8 Å². The van der Waals surface area contributed by atoms with Crippen LogP contribution in [0.4, 0.5) is 5.13 Å². The normalized spacial score (nSPS) is 11.3. The number of carbonyl (C=O) groups excluding carboxylic acids is 1. The molecule has 0 unspecified atom stereocenters. The highest BCUT2D eigenvalue weighted by Crippen LogP contribution is 2.13. The van der Waals surface area contributed by atoms with Crippen LogP contribution in [0.1, 0.15) is 31.5 Å². The number of nitrogens with one attached hydrogen (secondary N) is 1. The topological polar surface area (TPSA) is 93.8 Å². The Morgan fingerprint density at radius 1 is 1.44 bits per heavy atom. The van der Waals surface area contributed by atoms with Crippen molar-refractivity contribution in [2.24, 2.45) is 0 Å². The fraction of sp³-hybridized carbons (Fsp3) is 0.300. The number of aromatic nitrogens is 4. The van der Waals surface area contributed by atoms with E-state index in [1.165, 1.54) is 29.0 Å². The molecule has 2 aromatic rings. The van der Waals surface area contributed by atoms with Gasteiger partial charge in [-0.05, 0) is 0 Å². The zero-order chi connectivity index (χ0) is 13.0. The van der Waals surface area contributed by atoms with Crippen molar-refractivity contribution < 1.29 is 9.21 Å². The van der Waals surface area contributed by atoms with Gasteiger partial charge in [0.25, 0.3) is 0 Å². The predicted octanol–water partition coefficient (Wildman–Crippen LogP) is 1.70. The summed E-state index contributed by atoms with van der Waals surface area (Å²) in [5.74, 6) is 0.677. The first-order chi connectivity index (χ1) is 8.65. The predicted molar refractivity (Wildman–Crippen MR) is 66.0 cm³/mol. The molecule has 2 rings (SSSR count). The summed E-state index contributed by atoms with van der Waals surface area (Å²) in [6.07, 6.45) is 2.76. The number of nitrogens with zero attached hydrogens (tertiary/aromatic N) is 4. The molecule has 0 aliphatic carbocycles. The van der Waals surface area contributed by atoms with E-state index in [1.807, 2.05) is 13.8 Å². The Balaban J connectivity index is 1.95. The Hall–Kier alpha value is -2.09. The van der Waals surface area contributed by atoms with Crippen molar-refractivity contribution in [1.29, 1.82) is 0 Å². The van der Waals surface area contributed by atoms with Crippen molar-refractivity contribution >= 4 is 28.5 Å². The van der Waals surface area contributed by atoms with E-state index >= 15 is 0 Å². The lowest BCUT2D eigenvalue weighted by atomic mass is 10.2. The number of rotatable bonds is 4. The molecule has 18 heavy (non-hydrogen) atoms. The van der Waals surface area contributed by atoms with Gasteiger partial charge in [0.1, 0.15) is 5.51 Å². The van der Waals surface area contributed by atoms with Gasteiger partial charge in [-0.15, -0.1) is 20.4 Å². The monoisotopic (exact) mass is 265 g/mol. The third-order valence-corrected chi connectivity index (χ3v) is 2.52. The van der Waals surface area contributed by atoms with Crippen molar-refractivity contribution in [3.63, 3.8) is 0 Å². The second-order valence-electron chi connectivity index (χ2n) is 3.70. The minimum Gasteiger partial charge on any atom is -0.421 e. The van der Waals surface area contributed by atoms with Gasteiger partial charge in [-0.25, -0.2) is 0 Å². The molecular formula is C10H11N5O2S. The first kappa shape index (κ1) is 12.4. The van der Waals surface area contributed by atoms with Crippen LogP contribution in [0.15, 0.2) is 16.0 Å². The van der Waals surface area contributed by atoms with Gasteiger partial charge in [0.2, 0.25) is 22.8 Å². The zero-order valence-electron chi connectivity index (χ0n) is 9.82. The molecule has 7 nitrogen and oxygen atoms in total. The van der Waals surface area contributed by atoms with Gasteiger partial charge in [0.15, 0.2) is 0 Å². The third kappa shape index (κ3) is 3.20. The molecule has 0 saturated heterocycles. The quantitative estimate of drug-likeness (QED) is 0.845. The first-order valence-electron chi connectivity index (χ1n) is 5.24. The van der Waals surface area contributed by atoms with Gasteiger partial charge in [-0.3, -0.25) is 10.1 Å². The lowest BCUT2D eigenvalue weighted by Gasteiger charge is -1.93. The lowest BCUT2D eigenvalue weighted by Crippen LogP contribution is -2.07. The summed E-state index contributed by atoms with van der Waals surface area (Å²) in [7, 11) is 0. The molecule has 0 atom stereocenters. The molecule has 0 radical (unpaired) electrons. The van der Waals surface area contributed by atoms with Crippen molar-refractivity contribution in [3.05, 3.63) is 23.4 Å². The van der Waals surface area contributed by atoms with E-state index in [4.69, 9.17) is 4.42 Å². The Morgan fingerprint density at radius 3 is 2.89 bits per heavy atom. The molecule has 0 aliphatic heterocycles. The van der Waals surface area contributed by atoms with E-state index in [0.717, 1.165) is 0 Å². The van der Waals surface area contributed by atoms with Gasteiger partial charge in [0, 0.05) is 18.1 Å². The molecule has 0 spiro atoms. The second-order valence-corrected chi connectivity index (χ2v) is 4.53. The van der Waals surface area contributed by atoms with E-state index in [2.05, 4.69) is 25.7 Å². The minimum atomic E-state index is -0.323. The Bertz CT molecular complexity index is 546. The molecular weight excluding hydrogens is 254 g/mol. The molecule has 2 aromatic heterocycles. The minimum absolute atomic E-state index is 0.162. The number of carbonyl (C=O) groups is 1. The standard InChI is InChI=1S/C10H11N5O2S/c1-6(2)9-14-13-8(17-9)4-3-7(16)12-10-15-11-5-18-10/h3-6H,1-2H3,(H,12,15,16)/b4-3+. The van der Waals surface area contributed by atoms with E-state index in [-0.39, 0.29) is 11.8 Å². The Kier molecular flexibility index (Phi) is 3.78. The van der Waals surface area contributed by atoms with Gasteiger partial charge in [-0.2, -0.15) is 0 Å². The Morgan fingerprint density at radius 2 is 2.28 bits per heavy atom. The number of amides is 1. The lowest BCUT2D eigenvalue weighted by molar-refractivity contribution is -0.111. The van der Waals surface area contributed by atoms with Crippen LogP contribution >= 0.6 is 11.3 Å². The summed E-state index contributed by atoms with van der Waals surface area (Å²) in [5.41, 5.74) is 1.53.